The second-order valence-corrected chi connectivity index (χ2v) is 6.50. The Hall–Kier alpha value is -1.75. The molecule has 3 rings (SSSR count). The van der Waals surface area contributed by atoms with Crippen molar-refractivity contribution < 1.29 is 4.74 Å². The van der Waals surface area contributed by atoms with Crippen LogP contribution in [0.2, 0.25) is 5.02 Å². The predicted molar refractivity (Wildman–Crippen MR) is 94.7 cm³/mol. The highest BCUT2D eigenvalue weighted by molar-refractivity contribution is 6.32. The standard InChI is InChI=1S/C18H22ClN3O/c1-11-6-16(7-12(2)18(11)19)23-10-15-9-17(22-21-15)13-4-3-5-14(20)8-13/h3-8,15,17,21-22H,9-10,20H2,1-2H3. The van der Waals surface area contributed by atoms with E-state index < -0.39 is 0 Å². The van der Waals surface area contributed by atoms with Gasteiger partial charge in [-0.05, 0) is 61.2 Å². The van der Waals surface area contributed by atoms with Gasteiger partial charge in [-0.3, -0.25) is 5.43 Å². The van der Waals surface area contributed by atoms with Crippen molar-refractivity contribution in [3.05, 3.63) is 58.1 Å². The first-order valence-electron chi connectivity index (χ1n) is 7.79. The number of anilines is 1. The minimum atomic E-state index is 0.248. The van der Waals surface area contributed by atoms with Crippen LogP contribution >= 0.6 is 11.6 Å². The molecule has 0 aliphatic carbocycles. The van der Waals surface area contributed by atoms with Gasteiger partial charge in [0.2, 0.25) is 0 Å². The summed E-state index contributed by atoms with van der Waals surface area (Å²) in [4.78, 5) is 0. The zero-order chi connectivity index (χ0) is 16.4. The Kier molecular flexibility index (Phi) is 4.76. The SMILES string of the molecule is Cc1cc(OCC2CC(c3cccc(N)c3)NN2)cc(C)c1Cl. The normalized spacial score (nSPS) is 20.7. The van der Waals surface area contributed by atoms with Crippen LogP contribution in [0.25, 0.3) is 0 Å². The monoisotopic (exact) mass is 331 g/mol. The van der Waals surface area contributed by atoms with E-state index in [9.17, 15) is 0 Å². The molecule has 0 radical (unpaired) electrons. The summed E-state index contributed by atoms with van der Waals surface area (Å²) < 4.78 is 5.93. The number of aryl methyl sites for hydroxylation is 2. The molecule has 122 valence electrons. The molecule has 23 heavy (non-hydrogen) atoms. The molecular weight excluding hydrogens is 310 g/mol. The largest absolute Gasteiger partial charge is 0.492 e. The number of hydrazine groups is 1. The molecule has 4 nitrogen and oxygen atoms in total. The molecule has 0 saturated carbocycles. The number of nitrogens with one attached hydrogen (secondary N) is 2. The van der Waals surface area contributed by atoms with E-state index in [-0.39, 0.29) is 12.1 Å². The highest BCUT2D eigenvalue weighted by Crippen LogP contribution is 2.27. The van der Waals surface area contributed by atoms with E-state index >= 15 is 0 Å². The molecule has 2 unspecified atom stereocenters. The molecule has 2 aromatic carbocycles. The van der Waals surface area contributed by atoms with Crippen LogP contribution in [0, 0.1) is 13.8 Å². The maximum absolute atomic E-state index is 6.19. The van der Waals surface area contributed by atoms with Crippen LogP contribution in [0.3, 0.4) is 0 Å². The van der Waals surface area contributed by atoms with Crippen molar-refractivity contribution in [2.45, 2.75) is 32.4 Å². The lowest BCUT2D eigenvalue weighted by molar-refractivity contribution is 0.272. The second kappa shape index (κ2) is 6.79. The van der Waals surface area contributed by atoms with Crippen molar-refractivity contribution >= 4 is 17.3 Å². The summed E-state index contributed by atoms with van der Waals surface area (Å²) in [5.74, 6) is 0.860. The van der Waals surface area contributed by atoms with Gasteiger partial charge < -0.3 is 10.5 Å². The van der Waals surface area contributed by atoms with Crippen molar-refractivity contribution in [3.8, 4) is 5.75 Å². The molecule has 1 aliphatic rings. The summed E-state index contributed by atoms with van der Waals surface area (Å²) in [6, 6.07) is 12.4. The van der Waals surface area contributed by atoms with Crippen LogP contribution in [-0.4, -0.2) is 12.6 Å². The van der Waals surface area contributed by atoms with Crippen LogP contribution in [0.15, 0.2) is 36.4 Å². The molecule has 2 atom stereocenters. The molecule has 1 heterocycles. The van der Waals surface area contributed by atoms with Gasteiger partial charge in [0.15, 0.2) is 0 Å². The van der Waals surface area contributed by atoms with Gasteiger partial charge in [0, 0.05) is 16.8 Å². The zero-order valence-corrected chi connectivity index (χ0v) is 14.2. The zero-order valence-electron chi connectivity index (χ0n) is 13.4. The Bertz CT molecular complexity index is 681. The number of halogens is 1. The predicted octanol–water partition coefficient (Wildman–Crippen LogP) is 3.53. The molecule has 0 bridgehead atoms. The van der Waals surface area contributed by atoms with Crippen molar-refractivity contribution in [3.63, 3.8) is 0 Å². The molecule has 4 N–H and O–H groups in total. The highest BCUT2D eigenvalue weighted by atomic mass is 35.5. The fourth-order valence-corrected chi connectivity index (χ4v) is 3.02. The van der Waals surface area contributed by atoms with Crippen molar-refractivity contribution in [1.29, 1.82) is 0 Å². The van der Waals surface area contributed by atoms with Crippen molar-refractivity contribution in [2.75, 3.05) is 12.3 Å². The molecule has 5 heteroatoms. The highest BCUT2D eigenvalue weighted by Gasteiger charge is 2.25. The molecule has 1 saturated heterocycles. The van der Waals surface area contributed by atoms with E-state index in [2.05, 4.69) is 16.9 Å². The molecule has 1 aliphatic heterocycles. The topological polar surface area (TPSA) is 59.3 Å². The average Bonchev–Trinajstić information content (AvgIpc) is 2.99. The third-order valence-corrected chi connectivity index (χ3v) is 4.75. The number of benzene rings is 2. The van der Waals surface area contributed by atoms with Gasteiger partial charge in [-0.2, -0.15) is 0 Å². The number of rotatable bonds is 4. The number of hydrogen-bond donors (Lipinski definition) is 3. The first kappa shape index (κ1) is 16.1. The number of hydrogen-bond acceptors (Lipinski definition) is 4. The lowest BCUT2D eigenvalue weighted by atomic mass is 10.0. The van der Waals surface area contributed by atoms with E-state index in [1.807, 2.05) is 44.2 Å². The van der Waals surface area contributed by atoms with Crippen LogP contribution < -0.4 is 21.3 Å². The van der Waals surface area contributed by atoms with Gasteiger partial charge >= 0.3 is 0 Å². The summed E-state index contributed by atoms with van der Waals surface area (Å²) in [5.41, 5.74) is 16.5. The summed E-state index contributed by atoms with van der Waals surface area (Å²) >= 11 is 6.19. The molecular formula is C18H22ClN3O. The van der Waals surface area contributed by atoms with Crippen LogP contribution in [-0.2, 0) is 0 Å². The minimum absolute atomic E-state index is 0.248. The van der Waals surface area contributed by atoms with Gasteiger partial charge in [-0.15, -0.1) is 0 Å². The van der Waals surface area contributed by atoms with Crippen LogP contribution in [0.4, 0.5) is 5.69 Å². The van der Waals surface area contributed by atoms with E-state index in [1.54, 1.807) is 0 Å². The molecule has 1 fully saturated rings. The van der Waals surface area contributed by atoms with Gasteiger partial charge in [-0.25, -0.2) is 5.43 Å². The smallest absolute Gasteiger partial charge is 0.120 e. The lowest BCUT2D eigenvalue weighted by Gasteiger charge is -2.13. The third-order valence-electron chi connectivity index (χ3n) is 4.16. The van der Waals surface area contributed by atoms with Crippen molar-refractivity contribution in [2.24, 2.45) is 0 Å². The summed E-state index contributed by atoms with van der Waals surface area (Å²) in [6.07, 6.45) is 0.953. The van der Waals surface area contributed by atoms with E-state index in [4.69, 9.17) is 22.1 Å². The summed E-state index contributed by atoms with van der Waals surface area (Å²) in [5, 5.41) is 0.805. The Morgan fingerprint density at radius 2 is 1.91 bits per heavy atom. The molecule has 0 aromatic heterocycles. The van der Waals surface area contributed by atoms with Gasteiger partial charge in [0.1, 0.15) is 12.4 Å². The number of nitrogens with two attached hydrogens (primary N) is 1. The molecule has 2 aromatic rings. The first-order chi connectivity index (χ1) is 11.0. The fourth-order valence-electron chi connectivity index (χ4n) is 2.91. The maximum Gasteiger partial charge on any atom is 0.120 e. The van der Waals surface area contributed by atoms with Gasteiger partial charge in [0.25, 0.3) is 0 Å². The molecule has 0 spiro atoms. The van der Waals surface area contributed by atoms with E-state index in [0.29, 0.717) is 6.61 Å². The Balaban J connectivity index is 1.58. The van der Waals surface area contributed by atoms with Crippen LogP contribution in [0.5, 0.6) is 5.75 Å². The van der Waals surface area contributed by atoms with Crippen molar-refractivity contribution in [1.82, 2.24) is 10.9 Å². The Labute approximate surface area is 141 Å². The van der Waals surface area contributed by atoms with Gasteiger partial charge in [-0.1, -0.05) is 23.7 Å². The average molecular weight is 332 g/mol. The summed E-state index contributed by atoms with van der Waals surface area (Å²) in [6.45, 7) is 4.59. The van der Waals surface area contributed by atoms with E-state index in [1.165, 1.54) is 5.56 Å². The summed E-state index contributed by atoms with van der Waals surface area (Å²) in [7, 11) is 0. The first-order valence-corrected chi connectivity index (χ1v) is 8.17. The minimum Gasteiger partial charge on any atom is -0.492 e. The maximum atomic E-state index is 6.19. The van der Waals surface area contributed by atoms with Crippen LogP contribution in [0.1, 0.15) is 29.2 Å². The van der Waals surface area contributed by atoms with E-state index in [0.717, 1.165) is 34.0 Å². The third kappa shape index (κ3) is 3.78. The lowest BCUT2D eigenvalue weighted by Crippen LogP contribution is -2.34. The Morgan fingerprint density at radius 3 is 2.61 bits per heavy atom. The second-order valence-electron chi connectivity index (χ2n) is 6.13. The fraction of sp³-hybridized carbons (Fsp3) is 0.333. The number of nitrogen functional groups attached to an aromatic ring is 1. The number of ether oxygens (including phenoxy) is 1. The van der Waals surface area contributed by atoms with Gasteiger partial charge in [0.05, 0.1) is 6.04 Å². The molecule has 0 amide bonds. The quantitative estimate of drug-likeness (QED) is 0.750. The Morgan fingerprint density at radius 1 is 1.17 bits per heavy atom.